The summed E-state index contributed by atoms with van der Waals surface area (Å²) in [6.07, 6.45) is 4.07. The van der Waals surface area contributed by atoms with Gasteiger partial charge in [0.05, 0.1) is 17.0 Å². The Morgan fingerprint density at radius 2 is 1.97 bits per heavy atom. The van der Waals surface area contributed by atoms with E-state index in [4.69, 9.17) is 11.1 Å². The van der Waals surface area contributed by atoms with Crippen molar-refractivity contribution in [2.45, 2.75) is 26.4 Å². The minimum Gasteiger partial charge on any atom is -0.366 e. The van der Waals surface area contributed by atoms with Gasteiger partial charge in [0, 0.05) is 45.0 Å². The summed E-state index contributed by atoms with van der Waals surface area (Å²) in [5, 5.41) is 11.8. The van der Waals surface area contributed by atoms with E-state index in [9.17, 15) is 9.59 Å². The number of primary amides is 1. The predicted octanol–water partition coefficient (Wildman–Crippen LogP) is 2.21. The number of nitrogens with two attached hydrogens (primary N) is 1. The fourth-order valence-electron chi connectivity index (χ4n) is 3.08. The molecule has 0 saturated carbocycles. The number of anilines is 1. The maximum Gasteiger partial charge on any atom is 0.272 e. The first kappa shape index (κ1) is 20.1. The Kier molecular flexibility index (Phi) is 5.92. The molecule has 0 unspecified atom stereocenters. The zero-order chi connectivity index (χ0) is 21.0. The highest BCUT2D eigenvalue weighted by Crippen LogP contribution is 2.18. The van der Waals surface area contributed by atoms with E-state index in [-0.39, 0.29) is 17.5 Å². The molecule has 8 heteroatoms. The molecule has 8 nitrogen and oxygen atoms in total. The van der Waals surface area contributed by atoms with Crippen molar-refractivity contribution in [2.75, 3.05) is 11.9 Å². The smallest absolute Gasteiger partial charge is 0.272 e. The molecule has 0 aliphatic carbocycles. The Morgan fingerprint density at radius 3 is 2.62 bits per heavy atom. The van der Waals surface area contributed by atoms with E-state index >= 15 is 0 Å². The maximum absolute atomic E-state index is 11.6. The molecule has 0 radical (unpaired) electrons. The quantitative estimate of drug-likeness (QED) is 0.713. The van der Waals surface area contributed by atoms with Gasteiger partial charge in [0.15, 0.2) is 0 Å². The largest absolute Gasteiger partial charge is 0.366 e. The number of carbonyl (C=O) groups is 2. The number of fused-ring (bicyclic) bond motifs is 1. The number of hydrogen-bond acceptors (Lipinski definition) is 4. The summed E-state index contributed by atoms with van der Waals surface area (Å²) in [5.41, 5.74) is 7.96. The van der Waals surface area contributed by atoms with E-state index in [2.05, 4.69) is 5.10 Å². The maximum atomic E-state index is 11.6. The van der Waals surface area contributed by atoms with Crippen molar-refractivity contribution in [1.82, 2.24) is 14.3 Å². The second-order valence-corrected chi connectivity index (χ2v) is 6.88. The van der Waals surface area contributed by atoms with Crippen LogP contribution in [-0.4, -0.2) is 38.9 Å². The lowest BCUT2D eigenvalue weighted by atomic mass is 10.2. The first-order chi connectivity index (χ1) is 13.8. The van der Waals surface area contributed by atoms with Gasteiger partial charge < -0.3 is 10.3 Å². The Labute approximate surface area is 169 Å². The SMILES string of the molecule is Cc1cc2n(n1)CCC(=N)C(=O)N2C.NC(=O)c1ccn(Cc2ccccc2)c1. The van der Waals surface area contributed by atoms with Crippen LogP contribution in [0, 0.1) is 12.3 Å². The second-order valence-electron chi connectivity index (χ2n) is 6.88. The van der Waals surface area contributed by atoms with Gasteiger partial charge in [0.2, 0.25) is 5.91 Å². The number of rotatable bonds is 3. The zero-order valence-electron chi connectivity index (χ0n) is 16.5. The number of amides is 2. The van der Waals surface area contributed by atoms with Crippen LogP contribution < -0.4 is 10.6 Å². The molecule has 0 spiro atoms. The molecule has 3 heterocycles. The standard InChI is InChI=1S/C12H12N2O.C9H12N4O/c13-12(15)11-6-7-14(9-11)8-10-4-2-1-3-5-10;1-6-5-8-12(2)9(14)7(10)3-4-13(8)11-6/h1-7,9H,8H2,(H2,13,15);5,10H,3-4H2,1-2H3. The van der Waals surface area contributed by atoms with E-state index in [0.717, 1.165) is 18.1 Å². The van der Waals surface area contributed by atoms with Gasteiger partial charge in [0.1, 0.15) is 5.82 Å². The zero-order valence-corrected chi connectivity index (χ0v) is 16.5. The molecule has 2 amide bonds. The van der Waals surface area contributed by atoms with Crippen molar-refractivity contribution >= 4 is 23.3 Å². The van der Waals surface area contributed by atoms with Crippen molar-refractivity contribution in [3.63, 3.8) is 0 Å². The Hall–Kier alpha value is -3.68. The highest BCUT2D eigenvalue weighted by Gasteiger charge is 2.23. The minimum atomic E-state index is -0.387. The van der Waals surface area contributed by atoms with E-state index in [1.807, 2.05) is 54.1 Å². The molecule has 1 aliphatic rings. The lowest BCUT2D eigenvalue weighted by molar-refractivity contribution is -0.112. The van der Waals surface area contributed by atoms with Crippen LogP contribution in [-0.2, 0) is 17.9 Å². The highest BCUT2D eigenvalue weighted by molar-refractivity contribution is 6.42. The number of hydrogen-bond donors (Lipinski definition) is 2. The Morgan fingerprint density at radius 1 is 1.24 bits per heavy atom. The van der Waals surface area contributed by atoms with Crippen LogP contribution in [0.5, 0.6) is 0 Å². The lowest BCUT2D eigenvalue weighted by Gasteiger charge is -2.13. The molecule has 1 aromatic carbocycles. The van der Waals surface area contributed by atoms with Crippen LogP contribution in [0.3, 0.4) is 0 Å². The van der Waals surface area contributed by atoms with Crippen LogP contribution in [0.2, 0.25) is 0 Å². The van der Waals surface area contributed by atoms with Gasteiger partial charge >= 0.3 is 0 Å². The molecule has 1 aliphatic heterocycles. The van der Waals surface area contributed by atoms with Gasteiger partial charge in [-0.1, -0.05) is 30.3 Å². The normalized spacial score (nSPS) is 13.4. The molecular weight excluding hydrogens is 368 g/mol. The second kappa shape index (κ2) is 8.55. The third-order valence-electron chi connectivity index (χ3n) is 4.60. The molecule has 0 saturated heterocycles. The molecule has 150 valence electrons. The summed E-state index contributed by atoms with van der Waals surface area (Å²) in [7, 11) is 1.68. The average molecular weight is 392 g/mol. The van der Waals surface area contributed by atoms with E-state index < -0.39 is 0 Å². The van der Waals surface area contributed by atoms with Crippen molar-refractivity contribution in [2.24, 2.45) is 5.73 Å². The van der Waals surface area contributed by atoms with Gasteiger partial charge in [-0.05, 0) is 18.6 Å². The van der Waals surface area contributed by atoms with Gasteiger partial charge in [-0.3, -0.25) is 19.9 Å². The average Bonchev–Trinajstić information content (AvgIpc) is 3.30. The van der Waals surface area contributed by atoms with Crippen molar-refractivity contribution in [1.29, 1.82) is 5.41 Å². The number of nitrogens with one attached hydrogen (secondary N) is 1. The topological polar surface area (TPSA) is 110 Å². The number of aromatic nitrogens is 3. The van der Waals surface area contributed by atoms with Crippen molar-refractivity contribution in [3.8, 4) is 0 Å². The van der Waals surface area contributed by atoms with Crippen LogP contribution in [0.25, 0.3) is 0 Å². The third-order valence-corrected chi connectivity index (χ3v) is 4.60. The fraction of sp³-hybridized carbons (Fsp3) is 0.238. The molecule has 3 N–H and O–H groups in total. The Balaban J connectivity index is 0.000000166. The molecule has 29 heavy (non-hydrogen) atoms. The van der Waals surface area contributed by atoms with Gasteiger partial charge in [-0.25, -0.2) is 4.68 Å². The molecule has 4 rings (SSSR count). The number of nitrogens with zero attached hydrogens (tertiary/aromatic N) is 4. The fourth-order valence-corrected chi connectivity index (χ4v) is 3.08. The summed E-state index contributed by atoms with van der Waals surface area (Å²) in [6, 6.07) is 13.6. The number of aryl methyl sites for hydroxylation is 2. The molecule has 0 fully saturated rings. The van der Waals surface area contributed by atoms with E-state index in [0.29, 0.717) is 18.5 Å². The summed E-state index contributed by atoms with van der Waals surface area (Å²) < 4.78 is 3.71. The molecule has 0 bridgehead atoms. The van der Waals surface area contributed by atoms with Crippen LogP contribution in [0.1, 0.15) is 28.0 Å². The van der Waals surface area contributed by atoms with Crippen LogP contribution in [0.15, 0.2) is 54.9 Å². The van der Waals surface area contributed by atoms with Crippen molar-refractivity contribution in [3.05, 3.63) is 71.7 Å². The third kappa shape index (κ3) is 4.78. The molecule has 2 aromatic heterocycles. The van der Waals surface area contributed by atoms with Gasteiger partial charge in [-0.15, -0.1) is 0 Å². The first-order valence-electron chi connectivity index (χ1n) is 9.24. The van der Waals surface area contributed by atoms with E-state index in [1.54, 1.807) is 24.0 Å². The predicted molar refractivity (Wildman–Crippen MR) is 111 cm³/mol. The Bertz CT molecular complexity index is 1030. The summed E-state index contributed by atoms with van der Waals surface area (Å²) >= 11 is 0. The van der Waals surface area contributed by atoms with Gasteiger partial charge in [-0.2, -0.15) is 5.10 Å². The molecule has 0 atom stereocenters. The summed E-state index contributed by atoms with van der Waals surface area (Å²) in [4.78, 5) is 23.9. The highest BCUT2D eigenvalue weighted by atomic mass is 16.2. The summed E-state index contributed by atoms with van der Waals surface area (Å²) in [6.45, 7) is 3.26. The van der Waals surface area contributed by atoms with Crippen molar-refractivity contribution < 1.29 is 9.59 Å². The van der Waals surface area contributed by atoms with Gasteiger partial charge in [0.25, 0.3) is 5.91 Å². The van der Waals surface area contributed by atoms with Crippen LogP contribution in [0.4, 0.5) is 5.82 Å². The van der Waals surface area contributed by atoms with E-state index in [1.165, 1.54) is 10.5 Å². The first-order valence-corrected chi connectivity index (χ1v) is 9.24. The molecular formula is C21H24N6O2. The van der Waals surface area contributed by atoms with Crippen LogP contribution >= 0.6 is 0 Å². The lowest BCUT2D eigenvalue weighted by Crippen LogP contribution is -2.31. The molecule has 3 aromatic rings. The minimum absolute atomic E-state index is 0.149. The number of carbonyl (C=O) groups excluding carboxylic acids is 2. The summed E-state index contributed by atoms with van der Waals surface area (Å²) in [5.74, 6) is 0.153. The monoisotopic (exact) mass is 392 g/mol. The number of benzene rings is 1.